The van der Waals surface area contributed by atoms with Crippen molar-refractivity contribution in [2.24, 2.45) is 5.92 Å². The highest BCUT2D eigenvalue weighted by atomic mass is 32.2. The number of unbranched alkanes of at least 4 members (excludes halogenated alkanes) is 5. The van der Waals surface area contributed by atoms with Gasteiger partial charge in [-0.3, -0.25) is 14.4 Å². The van der Waals surface area contributed by atoms with Gasteiger partial charge in [-0.05, 0) is 39.0 Å². The van der Waals surface area contributed by atoms with E-state index in [-0.39, 0.29) is 24.0 Å². The van der Waals surface area contributed by atoms with Crippen molar-refractivity contribution in [3.8, 4) is 0 Å². The highest BCUT2D eigenvalue weighted by Crippen LogP contribution is 2.36. The molecule has 1 saturated carbocycles. The lowest BCUT2D eigenvalue weighted by molar-refractivity contribution is -0.145. The Morgan fingerprint density at radius 3 is 2.55 bits per heavy atom. The standard InChI is InChI=1S/C23H40O5S/c1-4-6-9-12-19(28-18(3)24)17-29-22-16-15-21(25)20(22)13-10-7-8-11-14-23(26)27-5-2/h19-20,22H,4-17H2,1-3H3. The normalized spacial score (nSPS) is 19.9. The number of rotatable bonds is 16. The molecular weight excluding hydrogens is 388 g/mol. The molecule has 1 aliphatic rings. The molecule has 0 aromatic rings. The van der Waals surface area contributed by atoms with Crippen molar-refractivity contribution in [2.45, 2.75) is 109 Å². The van der Waals surface area contributed by atoms with Crippen molar-refractivity contribution in [3.05, 3.63) is 0 Å². The van der Waals surface area contributed by atoms with Crippen molar-refractivity contribution < 1.29 is 23.9 Å². The van der Waals surface area contributed by atoms with Crippen molar-refractivity contribution in [1.82, 2.24) is 0 Å². The van der Waals surface area contributed by atoms with Gasteiger partial charge in [0.15, 0.2) is 0 Å². The Hall–Kier alpha value is -1.04. The third-order valence-electron chi connectivity index (χ3n) is 5.45. The van der Waals surface area contributed by atoms with Gasteiger partial charge in [-0.15, -0.1) is 0 Å². The summed E-state index contributed by atoms with van der Waals surface area (Å²) in [5.41, 5.74) is 0. The average molecular weight is 429 g/mol. The Morgan fingerprint density at radius 1 is 1.10 bits per heavy atom. The molecule has 0 aromatic heterocycles. The number of ether oxygens (including phenoxy) is 2. The quantitative estimate of drug-likeness (QED) is 0.239. The fourth-order valence-corrected chi connectivity index (χ4v) is 5.41. The van der Waals surface area contributed by atoms with Crippen molar-refractivity contribution in [2.75, 3.05) is 12.4 Å². The van der Waals surface area contributed by atoms with Crippen LogP contribution >= 0.6 is 11.8 Å². The fraction of sp³-hybridized carbons (Fsp3) is 0.870. The number of hydrogen-bond donors (Lipinski definition) is 0. The molecule has 1 rings (SSSR count). The van der Waals surface area contributed by atoms with Gasteiger partial charge < -0.3 is 9.47 Å². The van der Waals surface area contributed by atoms with E-state index in [9.17, 15) is 14.4 Å². The molecule has 0 heterocycles. The fourth-order valence-electron chi connectivity index (χ4n) is 3.91. The molecule has 6 heteroatoms. The van der Waals surface area contributed by atoms with Crippen LogP contribution in [0.3, 0.4) is 0 Å². The van der Waals surface area contributed by atoms with Gasteiger partial charge in [0, 0.05) is 36.7 Å². The topological polar surface area (TPSA) is 69.7 Å². The maximum Gasteiger partial charge on any atom is 0.305 e. The summed E-state index contributed by atoms with van der Waals surface area (Å²) < 4.78 is 10.4. The highest BCUT2D eigenvalue weighted by Gasteiger charge is 2.34. The van der Waals surface area contributed by atoms with Crippen LogP contribution in [-0.4, -0.2) is 41.4 Å². The van der Waals surface area contributed by atoms with E-state index in [1.807, 2.05) is 18.7 Å². The molecule has 0 amide bonds. The number of Topliss-reactive ketones (excluding diaryl/α,β-unsaturated/α-hetero) is 1. The lowest BCUT2D eigenvalue weighted by atomic mass is 9.98. The van der Waals surface area contributed by atoms with Crippen LogP contribution in [0.15, 0.2) is 0 Å². The van der Waals surface area contributed by atoms with E-state index >= 15 is 0 Å². The summed E-state index contributed by atoms with van der Waals surface area (Å²) in [6.07, 6.45) is 11.2. The molecule has 0 aliphatic heterocycles. The molecule has 3 atom stereocenters. The van der Waals surface area contributed by atoms with Crippen LogP contribution < -0.4 is 0 Å². The van der Waals surface area contributed by atoms with Crippen molar-refractivity contribution in [1.29, 1.82) is 0 Å². The zero-order chi connectivity index (χ0) is 21.5. The molecule has 0 aromatic carbocycles. The third kappa shape index (κ3) is 11.7. The maximum atomic E-state index is 12.3. The van der Waals surface area contributed by atoms with Gasteiger partial charge in [-0.2, -0.15) is 11.8 Å². The van der Waals surface area contributed by atoms with E-state index in [1.165, 1.54) is 6.92 Å². The van der Waals surface area contributed by atoms with Crippen LogP contribution in [-0.2, 0) is 23.9 Å². The van der Waals surface area contributed by atoms with E-state index in [2.05, 4.69) is 6.92 Å². The molecule has 3 unspecified atom stereocenters. The Labute approximate surface area is 181 Å². The first-order chi connectivity index (χ1) is 14.0. The predicted molar refractivity (Wildman–Crippen MR) is 118 cm³/mol. The Bertz CT molecular complexity index is 494. The van der Waals surface area contributed by atoms with Gasteiger partial charge in [0.25, 0.3) is 0 Å². The average Bonchev–Trinajstić information content (AvgIpc) is 3.02. The number of carbonyl (C=O) groups excluding carboxylic acids is 3. The molecular formula is C23H40O5S. The van der Waals surface area contributed by atoms with Gasteiger partial charge >= 0.3 is 11.9 Å². The van der Waals surface area contributed by atoms with E-state index in [4.69, 9.17) is 9.47 Å². The predicted octanol–water partition coefficient (Wildman–Crippen LogP) is 5.48. The zero-order valence-electron chi connectivity index (χ0n) is 18.6. The third-order valence-corrected chi connectivity index (χ3v) is 7.00. The van der Waals surface area contributed by atoms with E-state index in [0.29, 0.717) is 30.5 Å². The largest absolute Gasteiger partial charge is 0.466 e. The number of ketones is 1. The smallest absolute Gasteiger partial charge is 0.305 e. The minimum absolute atomic E-state index is 0.0386. The summed E-state index contributed by atoms with van der Waals surface area (Å²) in [6.45, 7) is 5.91. The second kappa shape index (κ2) is 15.8. The summed E-state index contributed by atoms with van der Waals surface area (Å²) in [4.78, 5) is 35.1. The lowest BCUT2D eigenvalue weighted by Crippen LogP contribution is -2.23. The SMILES string of the molecule is CCCCCC(CSC1CCC(=O)C1CCCCCCC(=O)OCC)OC(C)=O. The van der Waals surface area contributed by atoms with Crippen LogP contribution in [0.2, 0.25) is 0 Å². The summed E-state index contributed by atoms with van der Waals surface area (Å²) in [5.74, 6) is 0.991. The van der Waals surface area contributed by atoms with E-state index in [1.54, 1.807) is 0 Å². The van der Waals surface area contributed by atoms with Gasteiger partial charge in [0.1, 0.15) is 11.9 Å². The first-order valence-corrected chi connectivity index (χ1v) is 12.5. The number of carbonyl (C=O) groups is 3. The van der Waals surface area contributed by atoms with Crippen molar-refractivity contribution in [3.63, 3.8) is 0 Å². The van der Waals surface area contributed by atoms with Gasteiger partial charge in [0.05, 0.1) is 6.61 Å². The molecule has 168 valence electrons. The Morgan fingerprint density at radius 2 is 1.86 bits per heavy atom. The molecule has 1 fully saturated rings. The Kier molecular flexibility index (Phi) is 14.1. The number of thioether (sulfide) groups is 1. The molecule has 0 radical (unpaired) electrons. The minimum Gasteiger partial charge on any atom is -0.466 e. The monoisotopic (exact) mass is 428 g/mol. The first kappa shape index (κ1) is 26.0. The second-order valence-electron chi connectivity index (χ2n) is 7.97. The van der Waals surface area contributed by atoms with Crippen molar-refractivity contribution >= 4 is 29.5 Å². The van der Waals surface area contributed by atoms with Crippen LogP contribution in [0.4, 0.5) is 0 Å². The molecule has 0 spiro atoms. The Balaban J connectivity index is 2.32. The van der Waals surface area contributed by atoms with Crippen LogP contribution in [0.1, 0.15) is 97.8 Å². The van der Waals surface area contributed by atoms with Gasteiger partial charge in [0.2, 0.25) is 0 Å². The molecule has 29 heavy (non-hydrogen) atoms. The van der Waals surface area contributed by atoms with E-state index in [0.717, 1.165) is 70.0 Å². The van der Waals surface area contributed by atoms with Crippen LogP contribution in [0.5, 0.6) is 0 Å². The zero-order valence-corrected chi connectivity index (χ0v) is 19.4. The summed E-state index contributed by atoms with van der Waals surface area (Å²) in [5, 5.41) is 0.353. The molecule has 0 bridgehead atoms. The molecule has 5 nitrogen and oxygen atoms in total. The van der Waals surface area contributed by atoms with E-state index < -0.39 is 0 Å². The molecule has 1 aliphatic carbocycles. The second-order valence-corrected chi connectivity index (χ2v) is 9.24. The summed E-state index contributed by atoms with van der Waals surface area (Å²) in [7, 11) is 0. The number of esters is 2. The summed E-state index contributed by atoms with van der Waals surface area (Å²) >= 11 is 1.82. The first-order valence-electron chi connectivity index (χ1n) is 11.4. The lowest BCUT2D eigenvalue weighted by Gasteiger charge is -2.22. The molecule has 0 N–H and O–H groups in total. The van der Waals surface area contributed by atoms with Crippen LogP contribution in [0, 0.1) is 5.92 Å². The number of hydrogen-bond acceptors (Lipinski definition) is 6. The van der Waals surface area contributed by atoms with Gasteiger partial charge in [-0.25, -0.2) is 0 Å². The molecule has 0 saturated heterocycles. The summed E-state index contributed by atoms with van der Waals surface area (Å²) in [6, 6.07) is 0. The van der Waals surface area contributed by atoms with Crippen LogP contribution in [0.25, 0.3) is 0 Å². The maximum absolute atomic E-state index is 12.3. The van der Waals surface area contributed by atoms with Gasteiger partial charge in [-0.1, -0.05) is 39.0 Å². The minimum atomic E-state index is -0.214. The highest BCUT2D eigenvalue weighted by molar-refractivity contribution is 8.00.